The standard InChI is InChI=1S/C27H35N3O6S/c1-8-19-13-11-12-14-20(19)23(24(32)28-17-15-22(31)35-10-3)30(9-2)25(33)21(16-18-37-7)29-26(34)36-27(4,5)6/h1-2,11-14,21,23H,10,15-18H2,3-7H3,(H,28,32)(H,29,34). The molecule has 2 N–H and O–H groups in total. The van der Waals surface area contributed by atoms with Gasteiger partial charge in [-0.1, -0.05) is 30.5 Å². The summed E-state index contributed by atoms with van der Waals surface area (Å²) in [6.45, 7) is 6.96. The van der Waals surface area contributed by atoms with E-state index in [2.05, 4.69) is 22.6 Å². The van der Waals surface area contributed by atoms with Crippen LogP contribution in [0.5, 0.6) is 0 Å². The molecule has 2 unspecified atom stereocenters. The highest BCUT2D eigenvalue weighted by Crippen LogP contribution is 2.25. The molecule has 0 saturated heterocycles. The van der Waals surface area contributed by atoms with E-state index in [9.17, 15) is 19.2 Å². The van der Waals surface area contributed by atoms with Gasteiger partial charge in [0.25, 0.3) is 5.91 Å². The van der Waals surface area contributed by atoms with Crippen molar-refractivity contribution in [2.45, 2.75) is 58.2 Å². The van der Waals surface area contributed by atoms with Crippen LogP contribution in [0.15, 0.2) is 24.3 Å². The average molecular weight is 530 g/mol. The minimum atomic E-state index is -1.32. The van der Waals surface area contributed by atoms with E-state index in [4.69, 9.17) is 22.3 Å². The van der Waals surface area contributed by atoms with Crippen LogP contribution >= 0.6 is 11.8 Å². The van der Waals surface area contributed by atoms with Crippen LogP contribution < -0.4 is 10.6 Å². The number of terminal acetylenes is 2. The summed E-state index contributed by atoms with van der Waals surface area (Å²) in [6, 6.07) is 6.50. The average Bonchev–Trinajstić information content (AvgIpc) is 2.83. The summed E-state index contributed by atoms with van der Waals surface area (Å²) in [4.78, 5) is 52.1. The highest BCUT2D eigenvalue weighted by Gasteiger charge is 2.36. The molecule has 0 bridgehead atoms. The number of ether oxygens (including phenoxy) is 2. The number of nitrogens with one attached hydrogen (secondary N) is 2. The summed E-state index contributed by atoms with van der Waals surface area (Å²) in [5, 5.41) is 5.21. The molecule has 0 saturated carbocycles. The number of alkyl carbamates (subject to hydrolysis) is 1. The number of carbonyl (C=O) groups is 4. The molecule has 1 aromatic carbocycles. The zero-order chi connectivity index (χ0) is 28.0. The van der Waals surface area contributed by atoms with Gasteiger partial charge in [-0.3, -0.25) is 19.3 Å². The predicted octanol–water partition coefficient (Wildman–Crippen LogP) is 2.84. The molecule has 200 valence electrons. The number of esters is 1. The van der Waals surface area contributed by atoms with Gasteiger partial charge in [-0.2, -0.15) is 11.8 Å². The third kappa shape index (κ3) is 10.5. The molecular weight excluding hydrogens is 494 g/mol. The molecule has 0 aliphatic heterocycles. The lowest BCUT2D eigenvalue weighted by atomic mass is 9.97. The van der Waals surface area contributed by atoms with Gasteiger partial charge >= 0.3 is 12.1 Å². The summed E-state index contributed by atoms with van der Waals surface area (Å²) in [6.07, 6.45) is 12.7. The normalized spacial score (nSPS) is 12.2. The molecule has 0 aliphatic rings. The van der Waals surface area contributed by atoms with E-state index in [0.717, 1.165) is 4.90 Å². The largest absolute Gasteiger partial charge is 0.466 e. The Kier molecular flexibility index (Phi) is 13.1. The van der Waals surface area contributed by atoms with Crippen molar-refractivity contribution in [2.24, 2.45) is 0 Å². The van der Waals surface area contributed by atoms with E-state index >= 15 is 0 Å². The molecule has 0 aromatic heterocycles. The second-order valence-corrected chi connectivity index (χ2v) is 9.78. The topological polar surface area (TPSA) is 114 Å². The fourth-order valence-corrected chi connectivity index (χ4v) is 3.73. The van der Waals surface area contributed by atoms with E-state index in [1.807, 2.05) is 6.26 Å². The SMILES string of the molecule is C#Cc1ccccc1C(C(=O)NCCC(=O)OCC)N(C#C)C(=O)C(CCSC)NC(=O)OC(C)(C)C. The van der Waals surface area contributed by atoms with Crippen molar-refractivity contribution in [1.29, 1.82) is 0 Å². The molecular formula is C27H35N3O6S. The van der Waals surface area contributed by atoms with Crippen LogP contribution in [0, 0.1) is 24.8 Å². The molecule has 3 amide bonds. The van der Waals surface area contributed by atoms with Gasteiger partial charge in [0.05, 0.1) is 13.0 Å². The van der Waals surface area contributed by atoms with Crippen molar-refractivity contribution >= 4 is 35.6 Å². The first kappa shape index (κ1) is 31.4. The van der Waals surface area contributed by atoms with E-state index in [0.29, 0.717) is 16.9 Å². The van der Waals surface area contributed by atoms with Crippen LogP contribution in [0.25, 0.3) is 0 Å². The van der Waals surface area contributed by atoms with Crippen LogP contribution in [-0.4, -0.2) is 65.6 Å². The molecule has 0 spiro atoms. The number of benzene rings is 1. The first-order valence-corrected chi connectivity index (χ1v) is 13.1. The maximum absolute atomic E-state index is 13.7. The van der Waals surface area contributed by atoms with Gasteiger partial charge in [-0.15, -0.1) is 6.42 Å². The molecule has 0 aliphatic carbocycles. The molecule has 10 heteroatoms. The zero-order valence-corrected chi connectivity index (χ0v) is 22.8. The van der Waals surface area contributed by atoms with Gasteiger partial charge in [0.1, 0.15) is 17.7 Å². The van der Waals surface area contributed by atoms with Gasteiger partial charge in [0, 0.05) is 23.7 Å². The number of hydrogen-bond donors (Lipinski definition) is 2. The quantitative estimate of drug-likeness (QED) is 0.243. The van der Waals surface area contributed by atoms with Crippen LogP contribution in [0.1, 0.15) is 57.7 Å². The maximum Gasteiger partial charge on any atom is 0.408 e. The summed E-state index contributed by atoms with van der Waals surface area (Å²) in [5.74, 6) is 1.24. The van der Waals surface area contributed by atoms with Crippen molar-refractivity contribution < 1.29 is 28.7 Å². The van der Waals surface area contributed by atoms with Gasteiger partial charge in [-0.25, -0.2) is 4.79 Å². The van der Waals surface area contributed by atoms with Gasteiger partial charge in [0.15, 0.2) is 0 Å². The van der Waals surface area contributed by atoms with E-state index in [1.165, 1.54) is 11.8 Å². The highest BCUT2D eigenvalue weighted by molar-refractivity contribution is 7.98. The molecule has 0 heterocycles. The summed E-state index contributed by atoms with van der Waals surface area (Å²) < 4.78 is 10.2. The second-order valence-electron chi connectivity index (χ2n) is 8.80. The predicted molar refractivity (Wildman–Crippen MR) is 143 cm³/mol. The Balaban J connectivity index is 3.35. The lowest BCUT2D eigenvalue weighted by Gasteiger charge is -2.30. The fourth-order valence-electron chi connectivity index (χ4n) is 3.26. The third-order valence-electron chi connectivity index (χ3n) is 4.83. The number of carbonyl (C=O) groups excluding carboxylic acids is 4. The summed E-state index contributed by atoms with van der Waals surface area (Å²) >= 11 is 1.48. The van der Waals surface area contributed by atoms with E-state index < -0.39 is 41.6 Å². The summed E-state index contributed by atoms with van der Waals surface area (Å²) in [7, 11) is 0. The second kappa shape index (κ2) is 15.5. The maximum atomic E-state index is 13.7. The monoisotopic (exact) mass is 529 g/mol. The minimum Gasteiger partial charge on any atom is -0.466 e. The fraction of sp³-hybridized carbons (Fsp3) is 0.481. The van der Waals surface area contributed by atoms with E-state index in [1.54, 1.807) is 52.0 Å². The molecule has 0 radical (unpaired) electrons. The third-order valence-corrected chi connectivity index (χ3v) is 5.47. The first-order valence-electron chi connectivity index (χ1n) is 11.8. The number of nitrogens with zero attached hydrogens (tertiary/aromatic N) is 1. The zero-order valence-electron chi connectivity index (χ0n) is 22.0. The Labute approximate surface area is 223 Å². The Morgan fingerprint density at radius 2 is 1.84 bits per heavy atom. The lowest BCUT2D eigenvalue weighted by molar-refractivity contribution is -0.143. The Morgan fingerprint density at radius 3 is 2.41 bits per heavy atom. The number of rotatable bonds is 12. The van der Waals surface area contributed by atoms with E-state index in [-0.39, 0.29) is 26.0 Å². The van der Waals surface area contributed by atoms with Gasteiger partial charge in [-0.05, 0) is 52.2 Å². The van der Waals surface area contributed by atoms with Crippen LogP contribution in [0.3, 0.4) is 0 Å². The number of amides is 3. The molecule has 2 atom stereocenters. The number of thioether (sulfide) groups is 1. The Hall–Kier alpha value is -3.63. The van der Waals surface area contributed by atoms with Crippen molar-refractivity contribution in [3.05, 3.63) is 35.4 Å². The lowest BCUT2D eigenvalue weighted by Crippen LogP contribution is -2.52. The first-order chi connectivity index (χ1) is 17.5. The molecule has 1 aromatic rings. The highest BCUT2D eigenvalue weighted by atomic mass is 32.2. The molecule has 1 rings (SSSR count). The van der Waals surface area contributed by atoms with Crippen molar-refractivity contribution in [2.75, 3.05) is 25.2 Å². The van der Waals surface area contributed by atoms with Crippen molar-refractivity contribution in [1.82, 2.24) is 15.5 Å². The van der Waals surface area contributed by atoms with Crippen molar-refractivity contribution in [3.63, 3.8) is 0 Å². The number of hydrogen-bond acceptors (Lipinski definition) is 7. The summed E-state index contributed by atoms with van der Waals surface area (Å²) in [5.41, 5.74) is -0.0940. The van der Waals surface area contributed by atoms with Gasteiger partial charge in [0.2, 0.25) is 5.91 Å². The molecule has 37 heavy (non-hydrogen) atoms. The smallest absolute Gasteiger partial charge is 0.408 e. The van der Waals surface area contributed by atoms with Crippen LogP contribution in [0.4, 0.5) is 4.79 Å². The Morgan fingerprint density at radius 1 is 1.16 bits per heavy atom. The van der Waals surface area contributed by atoms with Crippen LogP contribution in [0.2, 0.25) is 0 Å². The minimum absolute atomic E-state index is 0.0367. The van der Waals surface area contributed by atoms with Crippen molar-refractivity contribution in [3.8, 4) is 24.8 Å². The Bertz CT molecular complexity index is 1040. The molecule has 0 fully saturated rings. The van der Waals surface area contributed by atoms with Crippen LogP contribution in [-0.2, 0) is 23.9 Å². The molecule has 9 nitrogen and oxygen atoms in total. The van der Waals surface area contributed by atoms with Gasteiger partial charge < -0.3 is 20.1 Å².